The zero-order chi connectivity index (χ0) is 5.15. The van der Waals surface area contributed by atoms with Crippen molar-refractivity contribution < 1.29 is 11.3 Å². The smallest absolute Gasteiger partial charge is 0.305 e. The van der Waals surface area contributed by atoms with Gasteiger partial charge in [-0.2, -0.15) is 0 Å². The highest BCUT2D eigenvalue weighted by Crippen LogP contribution is 1.87. The second kappa shape index (κ2) is 1.80. The molecule has 0 saturated carbocycles. The molecule has 0 aliphatic heterocycles. The van der Waals surface area contributed by atoms with E-state index in [1.165, 1.54) is 0 Å². The van der Waals surface area contributed by atoms with Gasteiger partial charge in [-0.15, -0.1) is 0 Å². The third-order valence-corrected chi connectivity index (χ3v) is 0.494. The van der Waals surface area contributed by atoms with E-state index in [-0.39, 0.29) is 7.34 Å². The Balaban J connectivity index is 0. The van der Waals surface area contributed by atoms with Gasteiger partial charge in [-0.05, 0) is 0 Å². The van der Waals surface area contributed by atoms with E-state index in [2.05, 4.69) is 0 Å². The van der Waals surface area contributed by atoms with E-state index >= 15 is 0 Å². The van der Waals surface area contributed by atoms with Crippen LogP contribution in [0.2, 0.25) is 0 Å². The number of carboxylic acid groups (broad SMARTS) is 1. The van der Waals surface area contributed by atoms with E-state index in [0.29, 0.717) is 0 Å². The highest BCUT2D eigenvalue weighted by molar-refractivity contribution is 5.68. The molecule has 0 saturated heterocycles. The predicted octanol–water partition coefficient (Wildman–Crippen LogP) is 0.839. The minimum atomic E-state index is -0.741. The molecule has 0 spiro atoms. The number of carboxylic acids is 1. The molecule has 0 amide bonds. The minimum absolute atomic E-state index is 0. The van der Waals surface area contributed by atoms with Gasteiger partial charge in [-0.3, -0.25) is 4.79 Å². The van der Waals surface area contributed by atoms with Crippen molar-refractivity contribution in [3.63, 3.8) is 0 Å². The number of hydrogen-bond donors (Lipinski definition) is 1. The lowest BCUT2D eigenvalue weighted by atomic mass is 10.2. The largest absolute Gasteiger partial charge is 0.481 e. The fourth-order valence-electron chi connectivity index (χ4n) is 0. The summed E-state index contributed by atoms with van der Waals surface area (Å²) < 4.78 is 0. The molecule has 0 aromatic rings. The first kappa shape index (κ1) is 5.47. The molecule has 2 nitrogen and oxygen atoms in total. The van der Waals surface area contributed by atoms with Crippen molar-refractivity contribution in [1.29, 1.82) is 0 Å². The summed E-state index contributed by atoms with van der Waals surface area (Å²) in [6.07, 6.45) is 0. The van der Waals surface area contributed by atoms with E-state index in [0.717, 1.165) is 0 Å². The molecule has 0 heterocycles. The van der Waals surface area contributed by atoms with Crippen molar-refractivity contribution in [2.24, 2.45) is 5.92 Å². The van der Waals surface area contributed by atoms with Crippen LogP contribution in [0, 0.1) is 5.92 Å². The fourth-order valence-corrected chi connectivity index (χ4v) is 0. The maximum atomic E-state index is 9.70. The SMILES string of the molecule is CC(C)C(=O)O.[2H]. The Morgan fingerprint density at radius 3 is 2.00 bits per heavy atom. The predicted molar refractivity (Wildman–Crippen MR) is 23.6 cm³/mol. The van der Waals surface area contributed by atoms with Gasteiger partial charge in [0.2, 0.25) is 0 Å². The summed E-state index contributed by atoms with van der Waals surface area (Å²) in [7, 11) is 0. The molecule has 0 unspecified atom stereocenters. The van der Waals surface area contributed by atoms with Crippen molar-refractivity contribution in [2.75, 3.05) is 0 Å². The topological polar surface area (TPSA) is 37.3 Å². The van der Waals surface area contributed by atoms with E-state index in [1.54, 1.807) is 13.8 Å². The molecular formula is C4H9O2. The maximum absolute atomic E-state index is 9.70. The Labute approximate surface area is 38.3 Å². The van der Waals surface area contributed by atoms with Gasteiger partial charge in [0.15, 0.2) is 0 Å². The third kappa shape index (κ3) is 1.76. The zero-order valence-electron chi connectivity index (χ0n) is 4.93. The monoisotopic (exact) mass is 90.1 g/mol. The van der Waals surface area contributed by atoms with Crippen LogP contribution in [-0.2, 0) is 4.79 Å². The zero-order valence-corrected chi connectivity index (χ0v) is 3.93. The van der Waals surface area contributed by atoms with Gasteiger partial charge in [-0.25, -0.2) is 0 Å². The second-order valence-corrected chi connectivity index (χ2v) is 1.49. The highest BCUT2D eigenvalue weighted by Gasteiger charge is 1.99. The lowest BCUT2D eigenvalue weighted by Gasteiger charge is -1.89. The van der Waals surface area contributed by atoms with Crippen molar-refractivity contribution in [1.82, 2.24) is 0 Å². The average Bonchev–Trinajstić information content (AvgIpc) is 1.36. The standard InChI is InChI=1S/C4H8O2.H/c1-3(2)4(5)6;/h3H,1-2H3,(H,5,6);/i;1+1. The lowest BCUT2D eigenvalue weighted by Crippen LogP contribution is -2.03. The summed E-state index contributed by atoms with van der Waals surface area (Å²) in [6, 6.07) is 0. The first-order chi connectivity index (χ1) is 2.64. The van der Waals surface area contributed by atoms with Crippen LogP contribution in [0.3, 0.4) is 0 Å². The maximum Gasteiger partial charge on any atom is 0.305 e. The van der Waals surface area contributed by atoms with E-state index < -0.39 is 5.97 Å². The van der Waals surface area contributed by atoms with Crippen LogP contribution in [-0.4, -0.2) is 11.1 Å². The average molecular weight is 90.1 g/mol. The summed E-state index contributed by atoms with van der Waals surface area (Å²) in [5, 5.41) is 7.99. The molecule has 0 atom stereocenters. The molecule has 6 heavy (non-hydrogen) atoms. The second-order valence-electron chi connectivity index (χ2n) is 1.49. The number of carbonyl (C=O) groups is 1. The van der Waals surface area contributed by atoms with Gasteiger partial charge in [-0.1, -0.05) is 13.8 Å². The normalized spacial score (nSPS) is 9.17. The first-order valence-corrected chi connectivity index (χ1v) is 1.87. The minimum Gasteiger partial charge on any atom is -0.481 e. The van der Waals surface area contributed by atoms with E-state index in [4.69, 9.17) is 5.11 Å². The molecular weight excluding hydrogens is 80.0 g/mol. The first-order valence-electron chi connectivity index (χ1n) is 1.87. The van der Waals surface area contributed by atoms with Crippen LogP contribution in [0.5, 0.6) is 0 Å². The third-order valence-electron chi connectivity index (χ3n) is 0.494. The molecule has 0 aromatic carbocycles. The van der Waals surface area contributed by atoms with Crippen LogP contribution in [0.4, 0.5) is 0 Å². The molecule has 0 rings (SSSR count). The highest BCUT2D eigenvalue weighted by atomic mass is 16.4. The Hall–Kier alpha value is -0.530. The number of hydrogen-bond acceptors (Lipinski definition) is 1. The van der Waals surface area contributed by atoms with Crippen LogP contribution < -0.4 is 0 Å². The summed E-state index contributed by atoms with van der Waals surface area (Å²) >= 11 is 0. The fraction of sp³-hybridized carbons (Fsp3) is 0.750. The molecule has 0 aromatic heterocycles. The van der Waals surface area contributed by atoms with E-state index in [9.17, 15) is 4.79 Å². The molecule has 0 aliphatic rings. The summed E-state index contributed by atoms with van der Waals surface area (Å²) in [5.41, 5.74) is 0. The van der Waals surface area contributed by atoms with Crippen molar-refractivity contribution in [3.8, 4) is 0 Å². The van der Waals surface area contributed by atoms with Crippen LogP contribution >= 0.6 is 0 Å². The molecule has 0 aliphatic carbocycles. The van der Waals surface area contributed by atoms with Gasteiger partial charge in [0.1, 0.15) is 0 Å². The van der Waals surface area contributed by atoms with E-state index in [1.807, 2.05) is 0 Å². The van der Waals surface area contributed by atoms with Gasteiger partial charge >= 0.3 is 5.97 Å². The Morgan fingerprint density at radius 2 is 2.00 bits per heavy atom. The molecule has 37 valence electrons. The van der Waals surface area contributed by atoms with Crippen molar-refractivity contribution in [3.05, 3.63) is 0 Å². The van der Waals surface area contributed by atoms with Crippen LogP contribution in [0.1, 0.15) is 15.3 Å². The van der Waals surface area contributed by atoms with Crippen molar-refractivity contribution >= 4 is 5.97 Å². The molecule has 2 heteroatoms. The molecule has 1 radical (unpaired) electrons. The van der Waals surface area contributed by atoms with Crippen LogP contribution in [0.15, 0.2) is 0 Å². The van der Waals surface area contributed by atoms with Gasteiger partial charge in [0.25, 0.3) is 0 Å². The Morgan fingerprint density at radius 1 is 1.83 bits per heavy atom. The molecule has 1 N–H and O–H groups in total. The van der Waals surface area contributed by atoms with Gasteiger partial charge in [0, 0.05) is 1.43 Å². The quantitative estimate of drug-likeness (QED) is 0.518. The van der Waals surface area contributed by atoms with Gasteiger partial charge in [0.05, 0.1) is 5.92 Å². The van der Waals surface area contributed by atoms with Crippen LogP contribution in [0.25, 0.3) is 0 Å². The Bertz CT molecular complexity index is 60.7. The van der Waals surface area contributed by atoms with Crippen molar-refractivity contribution in [2.45, 2.75) is 13.8 Å². The number of rotatable bonds is 1. The summed E-state index contributed by atoms with van der Waals surface area (Å²) in [5.74, 6) is -0.972. The molecule has 0 fully saturated rings. The summed E-state index contributed by atoms with van der Waals surface area (Å²) in [4.78, 5) is 9.70. The lowest BCUT2D eigenvalue weighted by molar-refractivity contribution is -0.140. The van der Waals surface area contributed by atoms with Gasteiger partial charge < -0.3 is 5.11 Å². The number of aliphatic carboxylic acids is 1. The Kier molecular flexibility index (Phi) is 1.64. The summed E-state index contributed by atoms with van der Waals surface area (Å²) in [6.45, 7) is 3.28. The molecule has 0 bridgehead atoms.